The highest BCUT2D eigenvalue weighted by Gasteiger charge is 2.15. The van der Waals surface area contributed by atoms with Crippen LogP contribution in [0.3, 0.4) is 0 Å². The molecule has 0 aromatic heterocycles. The van der Waals surface area contributed by atoms with Crippen molar-refractivity contribution in [2.45, 2.75) is 38.3 Å². The van der Waals surface area contributed by atoms with Gasteiger partial charge in [0, 0.05) is 37.3 Å². The Labute approximate surface area is 162 Å². The molecule has 1 saturated heterocycles. The molecule has 0 radical (unpaired) electrons. The number of nitrogens with zero attached hydrogens (tertiary/aromatic N) is 2. The molecule has 2 rings (SSSR count). The number of methoxy groups -OCH3 is 1. The van der Waals surface area contributed by atoms with E-state index in [1.807, 2.05) is 25.2 Å². The quantitative estimate of drug-likeness (QED) is 0.671. The third-order valence-electron chi connectivity index (χ3n) is 4.74. The third-order valence-corrected chi connectivity index (χ3v) is 4.97. The van der Waals surface area contributed by atoms with Gasteiger partial charge in [-0.3, -0.25) is 4.90 Å². The Morgan fingerprint density at radius 1 is 1.23 bits per heavy atom. The number of likely N-dealkylation sites (tertiary alicyclic amines) is 1. The van der Waals surface area contributed by atoms with E-state index in [1.165, 1.54) is 25.7 Å². The van der Waals surface area contributed by atoms with Gasteiger partial charge in [0.15, 0.2) is 0 Å². The first-order valence-corrected chi connectivity index (χ1v) is 9.95. The maximum absolute atomic E-state index is 10.4. The normalized spacial score (nSPS) is 17.3. The van der Waals surface area contributed by atoms with Gasteiger partial charge in [0.1, 0.15) is 18.5 Å². The molecule has 0 spiro atoms. The van der Waals surface area contributed by atoms with E-state index in [0.717, 1.165) is 37.5 Å². The maximum Gasteiger partial charge on any atom is 0.124 e. The Kier molecular flexibility index (Phi) is 9.72. The van der Waals surface area contributed by atoms with E-state index in [9.17, 15) is 5.11 Å². The topological polar surface area (TPSA) is 45.2 Å². The molecule has 6 heteroatoms. The lowest BCUT2D eigenvalue weighted by molar-refractivity contribution is 0.0686. The summed E-state index contributed by atoms with van der Waals surface area (Å²) < 4.78 is 11.1. The lowest BCUT2D eigenvalue weighted by Crippen LogP contribution is -2.36. The van der Waals surface area contributed by atoms with Gasteiger partial charge in [0.05, 0.1) is 6.61 Å². The van der Waals surface area contributed by atoms with Gasteiger partial charge in [-0.25, -0.2) is 0 Å². The number of aliphatic hydroxyl groups excluding tert-OH is 1. The van der Waals surface area contributed by atoms with Gasteiger partial charge in [-0.05, 0) is 51.2 Å². The van der Waals surface area contributed by atoms with Gasteiger partial charge in [-0.15, -0.1) is 0 Å². The standard InChI is InChI=1S/C20H33ClN2O3/c1-22(11-12-25-2)14-17-13-18(21)7-8-20(17)26-16-19(24)15-23-9-5-3-4-6-10-23/h7-8,13,19,24H,3-6,9-12,14-16H2,1-2H3. The summed E-state index contributed by atoms with van der Waals surface area (Å²) in [6.45, 7) is 5.37. The van der Waals surface area contributed by atoms with Crippen molar-refractivity contribution in [3.05, 3.63) is 28.8 Å². The zero-order valence-corrected chi connectivity index (χ0v) is 16.9. The molecule has 1 aromatic carbocycles. The molecule has 1 aliphatic rings. The van der Waals surface area contributed by atoms with Crippen molar-refractivity contribution in [2.75, 3.05) is 53.6 Å². The number of rotatable bonds is 10. The molecule has 26 heavy (non-hydrogen) atoms. The van der Waals surface area contributed by atoms with Crippen molar-refractivity contribution in [3.8, 4) is 5.75 Å². The van der Waals surface area contributed by atoms with Crippen LogP contribution in [-0.4, -0.2) is 74.6 Å². The molecule has 0 amide bonds. The van der Waals surface area contributed by atoms with Crippen LogP contribution in [0.1, 0.15) is 31.2 Å². The van der Waals surface area contributed by atoms with Crippen LogP contribution in [-0.2, 0) is 11.3 Å². The average molecular weight is 385 g/mol. The third kappa shape index (κ3) is 7.80. The van der Waals surface area contributed by atoms with E-state index in [1.54, 1.807) is 7.11 Å². The van der Waals surface area contributed by atoms with Crippen molar-refractivity contribution in [3.63, 3.8) is 0 Å². The largest absolute Gasteiger partial charge is 0.491 e. The van der Waals surface area contributed by atoms with E-state index in [4.69, 9.17) is 21.1 Å². The fraction of sp³-hybridized carbons (Fsp3) is 0.700. The molecule has 5 nitrogen and oxygen atoms in total. The predicted octanol–water partition coefficient (Wildman–Crippen LogP) is 3.03. The van der Waals surface area contributed by atoms with Crippen molar-refractivity contribution < 1.29 is 14.6 Å². The molecule has 1 aliphatic heterocycles. The first kappa shape index (κ1) is 21.5. The first-order chi connectivity index (χ1) is 12.6. The van der Waals surface area contributed by atoms with E-state index < -0.39 is 6.10 Å². The molecular formula is C20H33ClN2O3. The smallest absolute Gasteiger partial charge is 0.124 e. The summed E-state index contributed by atoms with van der Waals surface area (Å²) >= 11 is 6.16. The van der Waals surface area contributed by atoms with Crippen molar-refractivity contribution in [1.82, 2.24) is 9.80 Å². The van der Waals surface area contributed by atoms with Gasteiger partial charge in [-0.1, -0.05) is 24.4 Å². The summed E-state index contributed by atoms with van der Waals surface area (Å²) in [7, 11) is 3.74. The second kappa shape index (κ2) is 11.8. The van der Waals surface area contributed by atoms with Crippen molar-refractivity contribution >= 4 is 11.6 Å². The highest BCUT2D eigenvalue weighted by molar-refractivity contribution is 6.30. The molecule has 1 unspecified atom stereocenters. The van der Waals surface area contributed by atoms with Gasteiger partial charge >= 0.3 is 0 Å². The second-order valence-corrected chi connectivity index (χ2v) is 7.60. The Morgan fingerprint density at radius 2 is 1.96 bits per heavy atom. The number of β-amino-alcohol motifs (C(OH)–C–C–N with tert-alkyl or cyclic N) is 1. The van der Waals surface area contributed by atoms with Crippen LogP contribution in [0.2, 0.25) is 5.02 Å². The number of ether oxygens (including phenoxy) is 2. The van der Waals surface area contributed by atoms with Gasteiger partial charge < -0.3 is 19.5 Å². The minimum Gasteiger partial charge on any atom is -0.491 e. The first-order valence-electron chi connectivity index (χ1n) is 9.57. The Balaban J connectivity index is 1.87. The van der Waals surface area contributed by atoms with Gasteiger partial charge in [0.2, 0.25) is 0 Å². The number of aliphatic hydroxyl groups is 1. The number of halogens is 1. The molecule has 0 bridgehead atoms. The molecule has 1 N–H and O–H groups in total. The highest BCUT2D eigenvalue weighted by atomic mass is 35.5. The van der Waals surface area contributed by atoms with E-state index in [2.05, 4.69) is 9.80 Å². The van der Waals surface area contributed by atoms with Crippen LogP contribution in [0.4, 0.5) is 0 Å². The molecule has 1 aromatic rings. The van der Waals surface area contributed by atoms with E-state index in [-0.39, 0.29) is 0 Å². The molecule has 1 heterocycles. The summed E-state index contributed by atoms with van der Waals surface area (Å²) in [4.78, 5) is 4.51. The zero-order chi connectivity index (χ0) is 18.8. The van der Waals surface area contributed by atoms with E-state index in [0.29, 0.717) is 24.8 Å². The second-order valence-electron chi connectivity index (χ2n) is 7.16. The Morgan fingerprint density at radius 3 is 2.65 bits per heavy atom. The highest BCUT2D eigenvalue weighted by Crippen LogP contribution is 2.24. The number of benzene rings is 1. The summed E-state index contributed by atoms with van der Waals surface area (Å²) in [5.41, 5.74) is 1.03. The van der Waals surface area contributed by atoms with Crippen LogP contribution in [0, 0.1) is 0 Å². The van der Waals surface area contributed by atoms with Crippen LogP contribution < -0.4 is 4.74 Å². The molecular weight excluding hydrogens is 352 g/mol. The van der Waals surface area contributed by atoms with E-state index >= 15 is 0 Å². The Bertz CT molecular complexity index is 522. The van der Waals surface area contributed by atoms with Gasteiger partial charge in [0.25, 0.3) is 0 Å². The molecule has 148 valence electrons. The van der Waals surface area contributed by atoms with Crippen LogP contribution >= 0.6 is 11.6 Å². The number of likely N-dealkylation sites (N-methyl/N-ethyl adjacent to an activating group) is 1. The van der Waals surface area contributed by atoms with Crippen LogP contribution in [0.5, 0.6) is 5.75 Å². The summed E-state index contributed by atoms with van der Waals surface area (Å²) in [6.07, 6.45) is 4.57. The minimum absolute atomic E-state index is 0.299. The zero-order valence-electron chi connectivity index (χ0n) is 16.1. The van der Waals surface area contributed by atoms with Crippen molar-refractivity contribution in [2.24, 2.45) is 0 Å². The van der Waals surface area contributed by atoms with Crippen LogP contribution in [0.15, 0.2) is 18.2 Å². The molecule has 0 saturated carbocycles. The number of hydrogen-bond acceptors (Lipinski definition) is 5. The maximum atomic E-state index is 10.4. The summed E-state index contributed by atoms with van der Waals surface area (Å²) in [5.74, 6) is 0.786. The summed E-state index contributed by atoms with van der Waals surface area (Å²) in [5, 5.41) is 11.1. The molecule has 0 aliphatic carbocycles. The van der Waals surface area contributed by atoms with Gasteiger partial charge in [-0.2, -0.15) is 0 Å². The molecule has 1 atom stereocenters. The molecule has 1 fully saturated rings. The van der Waals surface area contributed by atoms with Crippen molar-refractivity contribution in [1.29, 1.82) is 0 Å². The SMILES string of the molecule is COCCN(C)Cc1cc(Cl)ccc1OCC(O)CN1CCCCCC1. The lowest BCUT2D eigenvalue weighted by atomic mass is 10.2. The minimum atomic E-state index is -0.483. The predicted molar refractivity (Wildman–Crippen MR) is 106 cm³/mol. The van der Waals surface area contributed by atoms with Crippen LogP contribution in [0.25, 0.3) is 0 Å². The fourth-order valence-corrected chi connectivity index (χ4v) is 3.48. The lowest BCUT2D eigenvalue weighted by Gasteiger charge is -2.24. The average Bonchev–Trinajstić information content (AvgIpc) is 2.88. The number of hydrogen-bond donors (Lipinski definition) is 1. The monoisotopic (exact) mass is 384 g/mol. The summed E-state index contributed by atoms with van der Waals surface area (Å²) in [6, 6.07) is 5.65. The Hall–Kier alpha value is -0.850. The fourth-order valence-electron chi connectivity index (χ4n) is 3.28.